The molecule has 18 heavy (non-hydrogen) atoms. The molecule has 1 aliphatic carbocycles. The van der Waals surface area contributed by atoms with Gasteiger partial charge in [-0.3, -0.25) is 0 Å². The van der Waals surface area contributed by atoms with Gasteiger partial charge in [0.05, 0.1) is 6.10 Å². The molecule has 0 saturated heterocycles. The van der Waals surface area contributed by atoms with Gasteiger partial charge in [0.25, 0.3) is 0 Å². The van der Waals surface area contributed by atoms with Crippen LogP contribution in [0.15, 0.2) is 0 Å². The number of nitrogens with one attached hydrogen (secondary N) is 1. The molecule has 1 N–H and O–H groups in total. The van der Waals surface area contributed by atoms with Gasteiger partial charge in [0.1, 0.15) is 0 Å². The molecule has 2 heteroatoms. The van der Waals surface area contributed by atoms with Crippen LogP contribution in [0.1, 0.15) is 77.6 Å². The lowest BCUT2D eigenvalue weighted by Gasteiger charge is -2.15. The second kappa shape index (κ2) is 12.0. The Morgan fingerprint density at radius 3 is 2.33 bits per heavy atom. The van der Waals surface area contributed by atoms with E-state index in [2.05, 4.69) is 12.2 Å². The lowest BCUT2D eigenvalue weighted by Crippen LogP contribution is -2.15. The summed E-state index contributed by atoms with van der Waals surface area (Å²) in [5, 5.41) is 3.45. The Morgan fingerprint density at radius 1 is 0.889 bits per heavy atom. The zero-order valence-electron chi connectivity index (χ0n) is 12.4. The first-order valence-corrected chi connectivity index (χ1v) is 8.26. The largest absolute Gasteiger partial charge is 0.378 e. The van der Waals surface area contributed by atoms with Gasteiger partial charge < -0.3 is 10.1 Å². The summed E-state index contributed by atoms with van der Waals surface area (Å²) < 4.78 is 5.99. The van der Waals surface area contributed by atoms with Crippen LogP contribution in [0.3, 0.4) is 0 Å². The van der Waals surface area contributed by atoms with Crippen molar-refractivity contribution in [2.75, 3.05) is 19.7 Å². The van der Waals surface area contributed by atoms with Crippen LogP contribution < -0.4 is 5.32 Å². The molecule has 1 fully saturated rings. The summed E-state index contributed by atoms with van der Waals surface area (Å²) in [6.07, 6.45) is 15.3. The average molecular weight is 255 g/mol. The molecule has 0 aromatic heterocycles. The molecule has 0 spiro atoms. The molecule has 0 aromatic carbocycles. The fraction of sp³-hybridized carbons (Fsp3) is 1.00. The maximum absolute atomic E-state index is 5.99. The van der Waals surface area contributed by atoms with Crippen LogP contribution in [0.4, 0.5) is 0 Å². The number of rotatable bonds is 10. The summed E-state index contributed by atoms with van der Waals surface area (Å²) in [4.78, 5) is 0. The van der Waals surface area contributed by atoms with Gasteiger partial charge in [0.15, 0.2) is 0 Å². The highest BCUT2D eigenvalue weighted by Gasteiger charge is 2.11. The topological polar surface area (TPSA) is 21.3 Å². The van der Waals surface area contributed by atoms with E-state index >= 15 is 0 Å². The Bertz CT molecular complexity index is 164. The molecule has 0 aliphatic heterocycles. The fourth-order valence-corrected chi connectivity index (χ4v) is 2.67. The number of hydrogen-bond donors (Lipinski definition) is 1. The first kappa shape index (κ1) is 16.0. The van der Waals surface area contributed by atoms with Gasteiger partial charge in [-0.2, -0.15) is 0 Å². The second-order valence-corrected chi connectivity index (χ2v) is 5.65. The summed E-state index contributed by atoms with van der Waals surface area (Å²) in [6, 6.07) is 0. The van der Waals surface area contributed by atoms with Crippen molar-refractivity contribution in [2.24, 2.45) is 0 Å². The molecule has 0 unspecified atom stereocenters. The SMILES string of the molecule is CCCNCCCCCCOC1CCCCCC1. The van der Waals surface area contributed by atoms with Crippen molar-refractivity contribution in [1.82, 2.24) is 5.32 Å². The molecule has 108 valence electrons. The van der Waals surface area contributed by atoms with Gasteiger partial charge in [0, 0.05) is 6.61 Å². The predicted molar refractivity (Wildman–Crippen MR) is 79.1 cm³/mol. The maximum atomic E-state index is 5.99. The minimum atomic E-state index is 0.582. The first-order chi connectivity index (χ1) is 8.93. The maximum Gasteiger partial charge on any atom is 0.0575 e. The molecule has 0 aromatic rings. The van der Waals surface area contributed by atoms with Crippen molar-refractivity contribution >= 4 is 0 Å². The molecule has 1 rings (SSSR count). The summed E-state index contributed by atoms with van der Waals surface area (Å²) in [7, 11) is 0. The third kappa shape index (κ3) is 8.93. The minimum absolute atomic E-state index is 0.582. The van der Waals surface area contributed by atoms with Crippen molar-refractivity contribution in [2.45, 2.75) is 83.7 Å². The van der Waals surface area contributed by atoms with Crippen molar-refractivity contribution in [3.8, 4) is 0 Å². The predicted octanol–water partition coefficient (Wildman–Crippen LogP) is 4.29. The van der Waals surface area contributed by atoms with E-state index in [1.807, 2.05) is 0 Å². The quantitative estimate of drug-likeness (QED) is 0.464. The Kier molecular flexibility index (Phi) is 10.6. The zero-order chi connectivity index (χ0) is 12.9. The molecular formula is C16H33NO. The third-order valence-electron chi connectivity index (χ3n) is 3.83. The van der Waals surface area contributed by atoms with E-state index in [0.717, 1.165) is 6.61 Å². The second-order valence-electron chi connectivity index (χ2n) is 5.65. The monoisotopic (exact) mass is 255 g/mol. The molecule has 0 radical (unpaired) electrons. The summed E-state index contributed by atoms with van der Waals surface area (Å²) in [6.45, 7) is 5.58. The van der Waals surface area contributed by atoms with Crippen LogP contribution in [0.2, 0.25) is 0 Å². The zero-order valence-corrected chi connectivity index (χ0v) is 12.4. The molecular weight excluding hydrogens is 222 g/mol. The highest BCUT2D eigenvalue weighted by molar-refractivity contribution is 4.63. The van der Waals surface area contributed by atoms with Crippen LogP contribution in [0.5, 0.6) is 0 Å². The Hall–Kier alpha value is -0.0800. The van der Waals surface area contributed by atoms with E-state index in [1.54, 1.807) is 0 Å². The van der Waals surface area contributed by atoms with Crippen LogP contribution >= 0.6 is 0 Å². The molecule has 1 saturated carbocycles. The van der Waals surface area contributed by atoms with Crippen molar-refractivity contribution in [1.29, 1.82) is 0 Å². The van der Waals surface area contributed by atoms with Gasteiger partial charge in [-0.1, -0.05) is 45.4 Å². The third-order valence-corrected chi connectivity index (χ3v) is 3.83. The lowest BCUT2D eigenvalue weighted by atomic mass is 10.1. The van der Waals surface area contributed by atoms with E-state index in [-0.39, 0.29) is 0 Å². The summed E-state index contributed by atoms with van der Waals surface area (Å²) in [5.41, 5.74) is 0. The molecule has 1 aliphatic rings. The van der Waals surface area contributed by atoms with Gasteiger partial charge >= 0.3 is 0 Å². The normalized spacial score (nSPS) is 17.8. The summed E-state index contributed by atoms with van der Waals surface area (Å²) >= 11 is 0. The van der Waals surface area contributed by atoms with Crippen LogP contribution in [0, 0.1) is 0 Å². The van der Waals surface area contributed by atoms with Crippen LogP contribution in [-0.4, -0.2) is 25.8 Å². The molecule has 0 heterocycles. The van der Waals surface area contributed by atoms with Crippen LogP contribution in [-0.2, 0) is 4.74 Å². The highest BCUT2D eigenvalue weighted by atomic mass is 16.5. The fourth-order valence-electron chi connectivity index (χ4n) is 2.67. The van der Waals surface area contributed by atoms with Gasteiger partial charge in [-0.05, 0) is 45.2 Å². The molecule has 0 bridgehead atoms. The number of hydrogen-bond acceptors (Lipinski definition) is 2. The summed E-state index contributed by atoms with van der Waals surface area (Å²) in [5.74, 6) is 0. The van der Waals surface area contributed by atoms with Crippen molar-refractivity contribution in [3.63, 3.8) is 0 Å². The number of ether oxygens (including phenoxy) is 1. The van der Waals surface area contributed by atoms with E-state index in [9.17, 15) is 0 Å². The van der Waals surface area contributed by atoms with E-state index in [0.29, 0.717) is 6.10 Å². The standard InChI is InChI=1S/C16H33NO/c1-2-13-17-14-9-5-6-10-15-18-16-11-7-3-4-8-12-16/h16-17H,2-15H2,1H3. The number of unbranched alkanes of at least 4 members (excludes halogenated alkanes) is 3. The van der Waals surface area contributed by atoms with Crippen LogP contribution in [0.25, 0.3) is 0 Å². The lowest BCUT2D eigenvalue weighted by molar-refractivity contribution is 0.0407. The Balaban J connectivity index is 1.80. The van der Waals surface area contributed by atoms with Gasteiger partial charge in [-0.15, -0.1) is 0 Å². The molecule has 0 amide bonds. The molecule has 0 atom stereocenters. The van der Waals surface area contributed by atoms with E-state index in [4.69, 9.17) is 4.74 Å². The van der Waals surface area contributed by atoms with Crippen molar-refractivity contribution in [3.05, 3.63) is 0 Å². The smallest absolute Gasteiger partial charge is 0.0575 e. The van der Waals surface area contributed by atoms with Gasteiger partial charge in [0.2, 0.25) is 0 Å². The Morgan fingerprint density at radius 2 is 1.61 bits per heavy atom. The average Bonchev–Trinajstić information content (AvgIpc) is 2.65. The van der Waals surface area contributed by atoms with E-state index in [1.165, 1.54) is 83.7 Å². The van der Waals surface area contributed by atoms with Crippen molar-refractivity contribution < 1.29 is 4.74 Å². The minimum Gasteiger partial charge on any atom is -0.378 e. The van der Waals surface area contributed by atoms with Gasteiger partial charge in [-0.25, -0.2) is 0 Å². The first-order valence-electron chi connectivity index (χ1n) is 8.26. The highest BCUT2D eigenvalue weighted by Crippen LogP contribution is 2.20. The van der Waals surface area contributed by atoms with E-state index < -0.39 is 0 Å². The Labute approximate surface area is 114 Å². The molecule has 2 nitrogen and oxygen atoms in total.